The number of carbonyl (C=O) groups is 1. The second kappa shape index (κ2) is 6.00. The van der Waals surface area contributed by atoms with E-state index in [1.165, 1.54) is 25.3 Å². The van der Waals surface area contributed by atoms with Gasteiger partial charge in [0.15, 0.2) is 0 Å². The highest BCUT2D eigenvalue weighted by Gasteiger charge is 2.13. The number of rotatable bonds is 4. The smallest absolute Gasteiger partial charge is 0.338 e. The molecule has 4 heteroatoms. The number of hydrogen-bond acceptors (Lipinski definition) is 3. The summed E-state index contributed by atoms with van der Waals surface area (Å²) in [5.74, 6) is -0.270. The maximum Gasteiger partial charge on any atom is 0.338 e. The van der Waals surface area contributed by atoms with E-state index in [-0.39, 0.29) is 6.61 Å². The number of methoxy groups -OCH3 is 1. The molecule has 0 heterocycles. The number of carbonyl (C=O) groups excluding carboxylic acids is 1. The summed E-state index contributed by atoms with van der Waals surface area (Å²) in [6.07, 6.45) is 0. The molecule has 0 fully saturated rings. The fourth-order valence-electron chi connectivity index (χ4n) is 1.67. The quantitative estimate of drug-likeness (QED) is 0.792. The predicted molar refractivity (Wildman–Crippen MR) is 68.5 cm³/mol. The van der Waals surface area contributed by atoms with Crippen molar-refractivity contribution in [3.63, 3.8) is 0 Å². The Morgan fingerprint density at radius 2 is 1.89 bits per heavy atom. The molecule has 3 nitrogen and oxygen atoms in total. The lowest BCUT2D eigenvalue weighted by Gasteiger charge is -2.10. The van der Waals surface area contributed by atoms with Crippen molar-refractivity contribution >= 4 is 5.97 Å². The summed E-state index contributed by atoms with van der Waals surface area (Å²) in [7, 11) is 1.29. The lowest BCUT2D eigenvalue weighted by atomic mass is 10.1. The Balaban J connectivity index is 2.19. The van der Waals surface area contributed by atoms with Crippen molar-refractivity contribution in [2.24, 2.45) is 0 Å². The third-order valence-corrected chi connectivity index (χ3v) is 2.61. The maximum atomic E-state index is 13.2. The number of hydrogen-bond donors (Lipinski definition) is 0. The van der Waals surface area contributed by atoms with Crippen LogP contribution < -0.4 is 4.74 Å². The molecular formula is C15H13FO3. The number of esters is 1. The van der Waals surface area contributed by atoms with Gasteiger partial charge in [0, 0.05) is 5.56 Å². The SMILES string of the molecule is COC(=O)c1ccc(F)cc1COc1ccccc1. The van der Waals surface area contributed by atoms with Crippen molar-refractivity contribution in [2.45, 2.75) is 6.61 Å². The number of benzene rings is 2. The average molecular weight is 260 g/mol. The van der Waals surface area contributed by atoms with Gasteiger partial charge in [0.1, 0.15) is 18.2 Å². The molecule has 0 atom stereocenters. The Morgan fingerprint density at radius 3 is 2.58 bits per heavy atom. The predicted octanol–water partition coefficient (Wildman–Crippen LogP) is 3.19. The van der Waals surface area contributed by atoms with Gasteiger partial charge in [-0.05, 0) is 30.3 Å². The van der Waals surface area contributed by atoms with E-state index in [4.69, 9.17) is 4.74 Å². The molecule has 0 radical (unpaired) electrons. The molecule has 0 bridgehead atoms. The normalized spacial score (nSPS) is 10.0. The summed E-state index contributed by atoms with van der Waals surface area (Å²) in [6, 6.07) is 13.0. The first kappa shape index (κ1) is 13.1. The van der Waals surface area contributed by atoms with E-state index in [0.717, 1.165) is 0 Å². The van der Waals surface area contributed by atoms with Gasteiger partial charge < -0.3 is 9.47 Å². The van der Waals surface area contributed by atoms with Crippen LogP contribution in [0.4, 0.5) is 4.39 Å². The highest BCUT2D eigenvalue weighted by molar-refractivity contribution is 5.90. The molecular weight excluding hydrogens is 247 g/mol. The molecule has 0 spiro atoms. The second-order valence-corrected chi connectivity index (χ2v) is 3.89. The van der Waals surface area contributed by atoms with Gasteiger partial charge in [-0.15, -0.1) is 0 Å². The van der Waals surface area contributed by atoms with Crippen molar-refractivity contribution < 1.29 is 18.7 Å². The lowest BCUT2D eigenvalue weighted by Crippen LogP contribution is -2.08. The van der Waals surface area contributed by atoms with Crippen LogP contribution >= 0.6 is 0 Å². The van der Waals surface area contributed by atoms with Crippen LogP contribution in [0.25, 0.3) is 0 Å². The molecule has 2 rings (SSSR count). The zero-order chi connectivity index (χ0) is 13.7. The third kappa shape index (κ3) is 3.31. The minimum atomic E-state index is -0.508. The van der Waals surface area contributed by atoms with Gasteiger partial charge in [-0.3, -0.25) is 0 Å². The van der Waals surface area contributed by atoms with Crippen molar-refractivity contribution in [3.05, 3.63) is 65.5 Å². The molecule has 2 aromatic rings. The Hall–Kier alpha value is -2.36. The van der Waals surface area contributed by atoms with Crippen LogP contribution in [0.15, 0.2) is 48.5 Å². The molecule has 0 aromatic heterocycles. The molecule has 0 saturated heterocycles. The fourth-order valence-corrected chi connectivity index (χ4v) is 1.67. The Kier molecular flexibility index (Phi) is 4.13. The molecule has 2 aromatic carbocycles. The minimum absolute atomic E-state index is 0.103. The molecule has 0 unspecified atom stereocenters. The van der Waals surface area contributed by atoms with Crippen LogP contribution in [0.5, 0.6) is 5.75 Å². The van der Waals surface area contributed by atoms with Crippen LogP contribution in [-0.2, 0) is 11.3 Å². The number of halogens is 1. The summed E-state index contributed by atoms with van der Waals surface area (Å²) < 4.78 is 23.4. The van der Waals surface area contributed by atoms with Crippen LogP contribution in [0.3, 0.4) is 0 Å². The maximum absolute atomic E-state index is 13.2. The minimum Gasteiger partial charge on any atom is -0.489 e. The van der Waals surface area contributed by atoms with Gasteiger partial charge in [-0.1, -0.05) is 18.2 Å². The third-order valence-electron chi connectivity index (χ3n) is 2.61. The molecule has 0 aliphatic carbocycles. The van der Waals surface area contributed by atoms with Crippen LogP contribution in [0, 0.1) is 5.82 Å². The molecule has 0 amide bonds. The summed E-state index contributed by atoms with van der Waals surface area (Å²) in [6.45, 7) is 0.103. The van der Waals surface area contributed by atoms with Crippen LogP contribution in [0.1, 0.15) is 15.9 Å². The highest BCUT2D eigenvalue weighted by atomic mass is 19.1. The van der Waals surface area contributed by atoms with Gasteiger partial charge >= 0.3 is 5.97 Å². The number of para-hydroxylation sites is 1. The summed E-state index contributed by atoms with van der Waals surface area (Å²) in [5, 5.41) is 0. The fraction of sp³-hybridized carbons (Fsp3) is 0.133. The van der Waals surface area contributed by atoms with E-state index < -0.39 is 11.8 Å². The topological polar surface area (TPSA) is 35.5 Å². The Labute approximate surface area is 110 Å². The van der Waals surface area contributed by atoms with Gasteiger partial charge in [0.05, 0.1) is 12.7 Å². The average Bonchev–Trinajstić information content (AvgIpc) is 2.45. The summed E-state index contributed by atoms with van der Waals surface area (Å²) in [4.78, 5) is 11.6. The van der Waals surface area contributed by atoms with E-state index in [1.807, 2.05) is 18.2 Å². The van der Waals surface area contributed by atoms with Crippen molar-refractivity contribution in [3.8, 4) is 5.75 Å². The van der Waals surface area contributed by atoms with E-state index in [1.54, 1.807) is 12.1 Å². The van der Waals surface area contributed by atoms with Gasteiger partial charge in [0.25, 0.3) is 0 Å². The highest BCUT2D eigenvalue weighted by Crippen LogP contribution is 2.16. The van der Waals surface area contributed by atoms with E-state index in [2.05, 4.69) is 4.74 Å². The molecule has 0 aliphatic heterocycles. The standard InChI is InChI=1S/C15H13FO3/c1-18-15(17)14-8-7-12(16)9-11(14)10-19-13-5-3-2-4-6-13/h2-9H,10H2,1H3. The first-order valence-corrected chi connectivity index (χ1v) is 5.75. The molecule has 0 N–H and O–H groups in total. The van der Waals surface area contributed by atoms with Crippen molar-refractivity contribution in [1.29, 1.82) is 0 Å². The first-order valence-electron chi connectivity index (χ1n) is 5.75. The van der Waals surface area contributed by atoms with Crippen LogP contribution in [-0.4, -0.2) is 13.1 Å². The zero-order valence-corrected chi connectivity index (χ0v) is 10.4. The first-order chi connectivity index (χ1) is 9.20. The number of ether oxygens (including phenoxy) is 2. The zero-order valence-electron chi connectivity index (χ0n) is 10.4. The molecule has 19 heavy (non-hydrogen) atoms. The molecule has 0 aliphatic rings. The summed E-state index contributed by atoms with van der Waals surface area (Å²) >= 11 is 0. The van der Waals surface area contributed by atoms with Crippen molar-refractivity contribution in [1.82, 2.24) is 0 Å². The van der Waals surface area contributed by atoms with Gasteiger partial charge in [-0.2, -0.15) is 0 Å². The molecule has 98 valence electrons. The van der Waals surface area contributed by atoms with E-state index >= 15 is 0 Å². The van der Waals surface area contributed by atoms with E-state index in [0.29, 0.717) is 16.9 Å². The second-order valence-electron chi connectivity index (χ2n) is 3.89. The monoisotopic (exact) mass is 260 g/mol. The van der Waals surface area contributed by atoms with Crippen LogP contribution in [0.2, 0.25) is 0 Å². The largest absolute Gasteiger partial charge is 0.489 e. The Bertz CT molecular complexity index is 567. The van der Waals surface area contributed by atoms with Gasteiger partial charge in [-0.25, -0.2) is 9.18 Å². The van der Waals surface area contributed by atoms with Crippen molar-refractivity contribution in [2.75, 3.05) is 7.11 Å². The lowest BCUT2D eigenvalue weighted by molar-refractivity contribution is 0.0597. The van der Waals surface area contributed by atoms with Gasteiger partial charge in [0.2, 0.25) is 0 Å². The molecule has 0 saturated carbocycles. The summed E-state index contributed by atoms with van der Waals surface area (Å²) in [5.41, 5.74) is 0.760. The van der Waals surface area contributed by atoms with E-state index in [9.17, 15) is 9.18 Å². The Morgan fingerprint density at radius 1 is 1.16 bits per heavy atom.